The number of nitrogens with zero attached hydrogens (tertiary/aromatic N) is 4. The van der Waals surface area contributed by atoms with Gasteiger partial charge in [-0.1, -0.05) is 28.9 Å². The smallest absolute Gasteiger partial charge is 0.220 e. The molecular weight excluding hydrogens is 402 g/mol. The second kappa shape index (κ2) is 9.40. The number of halogens is 1. The van der Waals surface area contributed by atoms with Gasteiger partial charge in [0, 0.05) is 43.8 Å². The molecule has 2 aromatic rings. The van der Waals surface area contributed by atoms with E-state index in [0.717, 1.165) is 18.1 Å². The zero-order valence-electron chi connectivity index (χ0n) is 15.7. The van der Waals surface area contributed by atoms with E-state index in [1.807, 2.05) is 31.2 Å². The third-order valence-corrected chi connectivity index (χ3v) is 6.44. The van der Waals surface area contributed by atoms with Gasteiger partial charge in [-0.25, -0.2) is 13.4 Å². The van der Waals surface area contributed by atoms with Crippen LogP contribution in [-0.2, 0) is 22.3 Å². The van der Waals surface area contributed by atoms with Gasteiger partial charge in [0.2, 0.25) is 10.0 Å². The van der Waals surface area contributed by atoms with Gasteiger partial charge >= 0.3 is 0 Å². The molecule has 152 valence electrons. The topological polar surface area (TPSA) is 91.0 Å². The summed E-state index contributed by atoms with van der Waals surface area (Å²) in [7, 11) is -3.42. The Labute approximate surface area is 170 Å². The van der Waals surface area contributed by atoms with E-state index in [1.54, 1.807) is 6.07 Å². The van der Waals surface area contributed by atoms with Crippen LogP contribution in [0.15, 0.2) is 46.1 Å². The van der Waals surface area contributed by atoms with Gasteiger partial charge in [-0.05, 0) is 24.6 Å². The van der Waals surface area contributed by atoms with Crippen LogP contribution in [0.1, 0.15) is 18.2 Å². The van der Waals surface area contributed by atoms with Crippen molar-refractivity contribution in [1.29, 1.82) is 0 Å². The molecule has 3 rings (SSSR count). The Kier molecular flexibility index (Phi) is 6.93. The molecule has 1 aromatic heterocycles. The first kappa shape index (κ1) is 20.6. The molecular formula is C18H24ClN5O3S. The highest BCUT2D eigenvalue weighted by molar-refractivity contribution is 7.88. The summed E-state index contributed by atoms with van der Waals surface area (Å²) < 4.78 is 31.3. The lowest BCUT2D eigenvalue weighted by Crippen LogP contribution is -2.53. The van der Waals surface area contributed by atoms with E-state index < -0.39 is 10.0 Å². The monoisotopic (exact) mass is 425 g/mol. The minimum atomic E-state index is -3.42. The van der Waals surface area contributed by atoms with Crippen LogP contribution in [0.3, 0.4) is 0 Å². The fourth-order valence-electron chi connectivity index (χ4n) is 3.00. The summed E-state index contributed by atoms with van der Waals surface area (Å²) in [6, 6.07) is 9.17. The molecule has 0 aliphatic carbocycles. The highest BCUT2D eigenvalue weighted by Gasteiger charge is 2.28. The number of nitrogens with one attached hydrogen (secondary N) is 1. The van der Waals surface area contributed by atoms with Crippen molar-refractivity contribution >= 4 is 27.6 Å². The molecule has 1 aliphatic rings. The predicted molar refractivity (Wildman–Crippen MR) is 109 cm³/mol. The molecule has 0 unspecified atom stereocenters. The van der Waals surface area contributed by atoms with Crippen molar-refractivity contribution in [3.63, 3.8) is 0 Å². The van der Waals surface area contributed by atoms with E-state index in [9.17, 15) is 8.42 Å². The molecule has 1 fully saturated rings. The number of hydrogen-bond donors (Lipinski definition) is 1. The first-order chi connectivity index (χ1) is 13.5. The largest absolute Gasteiger partial charge is 0.364 e. The van der Waals surface area contributed by atoms with Gasteiger partial charge < -0.3 is 14.7 Å². The molecule has 1 N–H and O–H groups in total. The maximum atomic E-state index is 12.6. The molecule has 0 spiro atoms. The number of rotatable bonds is 6. The van der Waals surface area contributed by atoms with Crippen LogP contribution in [0.4, 0.5) is 0 Å². The summed E-state index contributed by atoms with van der Waals surface area (Å²) >= 11 is 6.03. The molecule has 0 atom stereocenters. The van der Waals surface area contributed by atoms with E-state index in [1.165, 1.54) is 10.6 Å². The first-order valence-corrected chi connectivity index (χ1v) is 11.1. The van der Waals surface area contributed by atoms with E-state index in [-0.39, 0.29) is 5.75 Å². The third kappa shape index (κ3) is 5.46. The lowest BCUT2D eigenvalue weighted by molar-refractivity contribution is 0.259. The number of piperazine rings is 1. The van der Waals surface area contributed by atoms with E-state index in [4.69, 9.17) is 16.1 Å². The summed E-state index contributed by atoms with van der Waals surface area (Å²) in [4.78, 5) is 6.76. The summed E-state index contributed by atoms with van der Waals surface area (Å²) in [5, 5.41) is 7.66. The Morgan fingerprint density at radius 2 is 2.07 bits per heavy atom. The van der Waals surface area contributed by atoms with Crippen LogP contribution < -0.4 is 5.32 Å². The number of benzene rings is 1. The SMILES string of the molecule is CCNC(=NCc1cccc(Cl)c1)N1CCN(S(=O)(=O)Cc2ccon2)CC1. The Morgan fingerprint density at radius 1 is 1.29 bits per heavy atom. The van der Waals surface area contributed by atoms with Crippen molar-refractivity contribution in [2.45, 2.75) is 19.2 Å². The number of hydrogen-bond acceptors (Lipinski definition) is 5. The summed E-state index contributed by atoms with van der Waals surface area (Å²) in [6.45, 7) is 5.20. The zero-order valence-corrected chi connectivity index (χ0v) is 17.3. The average molecular weight is 426 g/mol. The van der Waals surface area contributed by atoms with Crippen molar-refractivity contribution in [2.75, 3.05) is 32.7 Å². The van der Waals surface area contributed by atoms with Crippen LogP contribution in [0.5, 0.6) is 0 Å². The number of guanidine groups is 1. The second-order valence-corrected chi connectivity index (χ2v) is 8.84. The van der Waals surface area contributed by atoms with Gasteiger partial charge in [-0.3, -0.25) is 0 Å². The van der Waals surface area contributed by atoms with Gasteiger partial charge in [0.05, 0.1) is 12.2 Å². The molecule has 0 bridgehead atoms. The van der Waals surface area contributed by atoms with Gasteiger partial charge in [-0.15, -0.1) is 0 Å². The summed E-state index contributed by atoms with van der Waals surface area (Å²) in [6.07, 6.45) is 1.38. The predicted octanol–water partition coefficient (Wildman–Crippen LogP) is 1.94. The van der Waals surface area contributed by atoms with Crippen LogP contribution in [-0.4, -0.2) is 61.5 Å². The number of sulfonamides is 1. The van der Waals surface area contributed by atoms with Crippen molar-refractivity contribution in [3.05, 3.63) is 52.9 Å². The minimum absolute atomic E-state index is 0.146. The van der Waals surface area contributed by atoms with Gasteiger partial charge in [-0.2, -0.15) is 4.31 Å². The Hall–Kier alpha value is -2.10. The third-order valence-electron chi connectivity index (χ3n) is 4.39. The summed E-state index contributed by atoms with van der Waals surface area (Å²) in [5.74, 6) is 0.628. The van der Waals surface area contributed by atoms with Crippen LogP contribution in [0.2, 0.25) is 5.02 Å². The van der Waals surface area contributed by atoms with Crippen molar-refractivity contribution in [2.24, 2.45) is 4.99 Å². The number of aliphatic imine (C=N–C) groups is 1. The fraction of sp³-hybridized carbons (Fsp3) is 0.444. The van der Waals surface area contributed by atoms with E-state index in [2.05, 4.69) is 20.4 Å². The highest BCUT2D eigenvalue weighted by Crippen LogP contribution is 2.14. The standard InChI is InChI=1S/C18H24ClN5O3S/c1-2-20-18(21-13-15-4-3-5-16(19)12-15)23-7-9-24(10-8-23)28(25,26)14-17-6-11-27-22-17/h3-6,11-12H,2,7-10,13-14H2,1H3,(H,20,21). The molecule has 8 nitrogen and oxygen atoms in total. The number of aromatic nitrogens is 1. The normalized spacial score (nSPS) is 16.4. The first-order valence-electron chi connectivity index (χ1n) is 9.12. The molecule has 28 heavy (non-hydrogen) atoms. The van der Waals surface area contributed by atoms with Gasteiger partial charge in [0.25, 0.3) is 0 Å². The van der Waals surface area contributed by atoms with E-state index >= 15 is 0 Å². The van der Waals surface area contributed by atoms with E-state index in [0.29, 0.717) is 43.4 Å². The molecule has 0 amide bonds. The quantitative estimate of drug-likeness (QED) is 0.561. The highest BCUT2D eigenvalue weighted by atomic mass is 35.5. The van der Waals surface area contributed by atoms with Crippen molar-refractivity contribution in [1.82, 2.24) is 19.7 Å². The molecule has 10 heteroatoms. The molecule has 2 heterocycles. The Balaban J connectivity index is 1.61. The maximum absolute atomic E-state index is 12.6. The molecule has 1 aromatic carbocycles. The van der Waals surface area contributed by atoms with Crippen LogP contribution in [0, 0.1) is 0 Å². The minimum Gasteiger partial charge on any atom is -0.364 e. The lowest BCUT2D eigenvalue weighted by atomic mass is 10.2. The Morgan fingerprint density at radius 3 is 2.71 bits per heavy atom. The summed E-state index contributed by atoms with van der Waals surface area (Å²) in [5.41, 5.74) is 1.44. The molecule has 1 aliphatic heterocycles. The average Bonchev–Trinajstić information content (AvgIpc) is 3.17. The van der Waals surface area contributed by atoms with Crippen molar-refractivity contribution in [3.8, 4) is 0 Å². The van der Waals surface area contributed by atoms with Gasteiger partial charge in [0.1, 0.15) is 12.0 Å². The second-order valence-electron chi connectivity index (χ2n) is 6.43. The zero-order chi connectivity index (χ0) is 20.0. The molecule has 0 radical (unpaired) electrons. The fourth-order valence-corrected chi connectivity index (χ4v) is 4.63. The molecule has 1 saturated heterocycles. The van der Waals surface area contributed by atoms with Crippen molar-refractivity contribution < 1.29 is 12.9 Å². The molecule has 0 saturated carbocycles. The van der Waals surface area contributed by atoms with Crippen LogP contribution >= 0.6 is 11.6 Å². The lowest BCUT2D eigenvalue weighted by Gasteiger charge is -2.35. The Bertz CT molecular complexity index is 894. The van der Waals surface area contributed by atoms with Gasteiger partial charge in [0.15, 0.2) is 5.96 Å². The van der Waals surface area contributed by atoms with Crippen LogP contribution in [0.25, 0.3) is 0 Å². The maximum Gasteiger partial charge on any atom is 0.220 e.